The molecule has 2 amide bonds. The van der Waals surface area contributed by atoms with Gasteiger partial charge in [-0.15, -0.1) is 0 Å². The van der Waals surface area contributed by atoms with Crippen molar-refractivity contribution < 1.29 is 4.79 Å². The van der Waals surface area contributed by atoms with Gasteiger partial charge in [0.05, 0.1) is 17.3 Å². The van der Waals surface area contributed by atoms with E-state index in [-0.39, 0.29) is 0 Å². The number of hydrogen-bond acceptors (Lipinski definition) is 3. The van der Waals surface area contributed by atoms with Gasteiger partial charge in [0.25, 0.3) is 0 Å². The Morgan fingerprint density at radius 1 is 1.46 bits per heavy atom. The third-order valence-corrected chi connectivity index (χ3v) is 1.88. The van der Waals surface area contributed by atoms with Crippen molar-refractivity contribution in [2.45, 2.75) is 0 Å². The third kappa shape index (κ3) is 2.13. The van der Waals surface area contributed by atoms with E-state index >= 15 is 0 Å². The van der Waals surface area contributed by atoms with Gasteiger partial charge in [-0.25, -0.2) is 9.10 Å². The van der Waals surface area contributed by atoms with Crippen molar-refractivity contribution in [1.82, 2.24) is 0 Å². The number of nitrogens with zero attached hydrogens (tertiary/aromatic N) is 2. The van der Waals surface area contributed by atoms with Crippen LogP contribution in [0.25, 0.3) is 0 Å². The fourth-order valence-corrected chi connectivity index (χ4v) is 0.938. The van der Waals surface area contributed by atoms with Crippen LogP contribution in [0.5, 0.6) is 0 Å². The van der Waals surface area contributed by atoms with Gasteiger partial charge in [0.15, 0.2) is 0 Å². The molecule has 5 heteroatoms. The van der Waals surface area contributed by atoms with E-state index in [2.05, 4.69) is 12.8 Å². The number of nitrogens with two attached hydrogens (primary N) is 1. The summed E-state index contributed by atoms with van der Waals surface area (Å²) in [5.41, 5.74) is 6.04. The molecule has 0 saturated heterocycles. The molecule has 0 radical (unpaired) electrons. The van der Waals surface area contributed by atoms with Crippen LogP contribution in [0.3, 0.4) is 0 Å². The summed E-state index contributed by atoms with van der Waals surface area (Å²) in [7, 11) is 0. The zero-order valence-electron chi connectivity index (χ0n) is 6.64. The molecular formula is C8H7N3OS. The average molecular weight is 193 g/mol. The number of anilines is 1. The summed E-state index contributed by atoms with van der Waals surface area (Å²) in [5.74, 6) is 0. The normalized spacial score (nSPS) is 8.92. The number of amides is 2. The van der Waals surface area contributed by atoms with E-state index in [9.17, 15) is 4.79 Å². The Kier molecular flexibility index (Phi) is 2.77. The number of carbonyl (C=O) groups excluding carboxylic acids is 1. The summed E-state index contributed by atoms with van der Waals surface area (Å²) in [4.78, 5) is 10.7. The Balaban J connectivity index is 2.93. The molecule has 0 heterocycles. The number of nitriles is 1. The van der Waals surface area contributed by atoms with Gasteiger partial charge in [-0.2, -0.15) is 5.26 Å². The molecular weight excluding hydrogens is 186 g/mol. The first-order chi connectivity index (χ1) is 6.15. The maximum absolute atomic E-state index is 10.7. The van der Waals surface area contributed by atoms with Gasteiger partial charge < -0.3 is 5.73 Å². The number of benzene rings is 1. The monoisotopic (exact) mass is 193 g/mol. The molecule has 0 unspecified atom stereocenters. The Bertz CT molecular complexity index is 355. The zero-order valence-corrected chi connectivity index (χ0v) is 7.53. The third-order valence-electron chi connectivity index (χ3n) is 1.45. The Morgan fingerprint density at radius 3 is 2.38 bits per heavy atom. The topological polar surface area (TPSA) is 70.1 Å². The molecule has 66 valence electrons. The highest BCUT2D eigenvalue weighted by atomic mass is 32.1. The first kappa shape index (κ1) is 9.42. The van der Waals surface area contributed by atoms with Crippen molar-refractivity contribution in [3.8, 4) is 6.07 Å². The van der Waals surface area contributed by atoms with Gasteiger partial charge >= 0.3 is 6.03 Å². The van der Waals surface area contributed by atoms with Crippen molar-refractivity contribution in [1.29, 1.82) is 5.26 Å². The van der Waals surface area contributed by atoms with Crippen LogP contribution in [0.1, 0.15) is 5.56 Å². The first-order valence-electron chi connectivity index (χ1n) is 3.43. The van der Waals surface area contributed by atoms with Crippen LogP contribution >= 0.6 is 12.8 Å². The molecule has 13 heavy (non-hydrogen) atoms. The van der Waals surface area contributed by atoms with Crippen molar-refractivity contribution in [3.63, 3.8) is 0 Å². The maximum Gasteiger partial charge on any atom is 0.329 e. The fourth-order valence-electron chi connectivity index (χ4n) is 0.804. The average Bonchev–Trinajstić information content (AvgIpc) is 2.17. The fraction of sp³-hybridized carbons (Fsp3) is 0. The van der Waals surface area contributed by atoms with Crippen molar-refractivity contribution in [2.75, 3.05) is 4.31 Å². The number of hydrogen-bond donors (Lipinski definition) is 2. The molecule has 0 aliphatic carbocycles. The van der Waals surface area contributed by atoms with Crippen LogP contribution in [0.15, 0.2) is 24.3 Å². The van der Waals surface area contributed by atoms with E-state index < -0.39 is 6.03 Å². The standard InChI is InChI=1S/C8H7N3OS/c9-5-6-1-3-7(4-2-6)11(13)8(10)12/h1-4,13H,(H2,10,12). The lowest BCUT2D eigenvalue weighted by Crippen LogP contribution is -2.27. The molecule has 0 spiro atoms. The number of rotatable bonds is 1. The van der Waals surface area contributed by atoms with Crippen LogP contribution in [-0.2, 0) is 0 Å². The molecule has 0 bridgehead atoms. The smallest absolute Gasteiger partial charge is 0.329 e. The molecule has 2 N–H and O–H groups in total. The van der Waals surface area contributed by atoms with Crippen molar-refractivity contribution >= 4 is 24.5 Å². The summed E-state index contributed by atoms with van der Waals surface area (Å²) < 4.78 is 1.00. The predicted octanol–water partition coefficient (Wildman–Crippen LogP) is 1.29. The Morgan fingerprint density at radius 2 is 2.00 bits per heavy atom. The highest BCUT2D eigenvalue weighted by Crippen LogP contribution is 2.16. The summed E-state index contributed by atoms with van der Waals surface area (Å²) in [6.07, 6.45) is 0. The van der Waals surface area contributed by atoms with Gasteiger partial charge in [0.1, 0.15) is 0 Å². The van der Waals surface area contributed by atoms with Crippen molar-refractivity contribution in [2.24, 2.45) is 5.73 Å². The number of primary amides is 1. The molecule has 0 saturated carbocycles. The van der Waals surface area contributed by atoms with Gasteiger partial charge in [-0.1, -0.05) is 12.8 Å². The number of carbonyl (C=O) groups is 1. The van der Waals surface area contributed by atoms with E-state index in [1.807, 2.05) is 6.07 Å². The van der Waals surface area contributed by atoms with Gasteiger partial charge in [-0.05, 0) is 24.3 Å². The lowest BCUT2D eigenvalue weighted by molar-refractivity contribution is 0.257. The summed E-state index contributed by atoms with van der Waals surface area (Å²) in [6, 6.07) is 7.66. The van der Waals surface area contributed by atoms with Gasteiger partial charge in [0.2, 0.25) is 0 Å². The highest BCUT2D eigenvalue weighted by molar-refractivity contribution is 7.82. The van der Waals surface area contributed by atoms with E-state index in [0.717, 1.165) is 4.31 Å². The molecule has 0 aliphatic heterocycles. The van der Waals surface area contributed by atoms with Crippen molar-refractivity contribution in [3.05, 3.63) is 29.8 Å². The van der Waals surface area contributed by atoms with Crippen LogP contribution in [-0.4, -0.2) is 6.03 Å². The van der Waals surface area contributed by atoms with E-state index in [1.54, 1.807) is 24.3 Å². The quantitative estimate of drug-likeness (QED) is 0.660. The lowest BCUT2D eigenvalue weighted by atomic mass is 10.2. The van der Waals surface area contributed by atoms with Gasteiger partial charge in [0, 0.05) is 0 Å². The predicted molar refractivity (Wildman–Crippen MR) is 52.2 cm³/mol. The minimum atomic E-state index is -0.659. The van der Waals surface area contributed by atoms with Crippen LogP contribution in [0.4, 0.5) is 10.5 Å². The second-order valence-corrected chi connectivity index (χ2v) is 2.71. The molecule has 1 aromatic rings. The molecule has 0 aliphatic rings. The summed E-state index contributed by atoms with van der Waals surface area (Å²) in [5, 5.41) is 8.50. The van der Waals surface area contributed by atoms with Crippen LogP contribution in [0, 0.1) is 11.3 Å². The molecule has 0 fully saturated rings. The number of urea groups is 1. The molecule has 1 aromatic carbocycles. The minimum absolute atomic E-state index is 0.523. The van der Waals surface area contributed by atoms with E-state index in [4.69, 9.17) is 11.0 Å². The first-order valence-corrected chi connectivity index (χ1v) is 3.83. The Hall–Kier alpha value is -1.67. The van der Waals surface area contributed by atoms with Gasteiger partial charge in [-0.3, -0.25) is 0 Å². The zero-order chi connectivity index (χ0) is 9.84. The largest absolute Gasteiger partial charge is 0.350 e. The maximum atomic E-state index is 10.7. The Labute approximate surface area is 81.1 Å². The summed E-state index contributed by atoms with van der Waals surface area (Å²) in [6.45, 7) is 0. The molecule has 4 nitrogen and oxygen atoms in total. The second-order valence-electron chi connectivity index (χ2n) is 2.31. The lowest BCUT2D eigenvalue weighted by Gasteiger charge is -2.11. The number of thiol groups is 1. The molecule has 1 rings (SSSR count). The highest BCUT2D eigenvalue weighted by Gasteiger charge is 2.06. The molecule has 0 aromatic heterocycles. The second kappa shape index (κ2) is 3.83. The summed E-state index contributed by atoms with van der Waals surface area (Å²) >= 11 is 3.85. The van der Waals surface area contributed by atoms with Crippen LogP contribution in [0.2, 0.25) is 0 Å². The van der Waals surface area contributed by atoms with E-state index in [1.165, 1.54) is 0 Å². The van der Waals surface area contributed by atoms with E-state index in [0.29, 0.717) is 11.3 Å². The van der Waals surface area contributed by atoms with Crippen LogP contribution < -0.4 is 10.0 Å². The minimum Gasteiger partial charge on any atom is -0.350 e. The molecule has 0 atom stereocenters. The SMILES string of the molecule is N#Cc1ccc(N(S)C(N)=O)cc1.